The fraction of sp³-hybridized carbons (Fsp3) is 0.933. The molecule has 0 aliphatic carbocycles. The van der Waals surface area contributed by atoms with Crippen LogP contribution in [0.2, 0.25) is 0 Å². The van der Waals surface area contributed by atoms with E-state index in [1.807, 2.05) is 0 Å². The topological polar surface area (TPSA) is 6.25 Å². The van der Waals surface area contributed by atoms with Crippen molar-refractivity contribution in [3.8, 4) is 0 Å². The first kappa shape index (κ1) is 14.5. The fourth-order valence-corrected chi connectivity index (χ4v) is 2.53. The SMILES string of the molecule is CCCCC1=[N+](CCCC)CCN1CCCC. The summed E-state index contributed by atoms with van der Waals surface area (Å²) in [5.41, 5.74) is 0. The standard InChI is InChI=1S/C15H31N2/c1-4-7-10-15-16(11-8-5-2)13-14-17(15)12-9-6-3/h4-14H2,1-3H3/q+1. The molecule has 1 aliphatic rings. The highest BCUT2D eigenvalue weighted by Gasteiger charge is 2.28. The van der Waals surface area contributed by atoms with Gasteiger partial charge in [0.25, 0.3) is 0 Å². The third-order valence-electron chi connectivity index (χ3n) is 3.69. The van der Waals surface area contributed by atoms with Gasteiger partial charge in [-0.05, 0) is 19.3 Å². The number of nitrogens with zero attached hydrogens (tertiary/aromatic N) is 2. The van der Waals surface area contributed by atoms with Gasteiger partial charge in [-0.25, -0.2) is 0 Å². The van der Waals surface area contributed by atoms with Crippen LogP contribution in [0.5, 0.6) is 0 Å². The first-order chi connectivity index (χ1) is 8.33. The van der Waals surface area contributed by atoms with E-state index in [-0.39, 0.29) is 0 Å². The summed E-state index contributed by atoms with van der Waals surface area (Å²) in [6.45, 7) is 12.0. The van der Waals surface area contributed by atoms with Gasteiger partial charge in [0.2, 0.25) is 5.84 Å². The Morgan fingerprint density at radius 3 is 2.35 bits per heavy atom. The van der Waals surface area contributed by atoms with Gasteiger partial charge in [-0.1, -0.05) is 40.0 Å². The average Bonchev–Trinajstić information content (AvgIpc) is 2.73. The molecule has 0 spiro atoms. The molecule has 2 nitrogen and oxygen atoms in total. The van der Waals surface area contributed by atoms with Crippen LogP contribution in [0.1, 0.15) is 65.7 Å². The lowest BCUT2D eigenvalue weighted by atomic mass is 10.2. The summed E-state index contributed by atoms with van der Waals surface area (Å²) in [6, 6.07) is 0. The van der Waals surface area contributed by atoms with Crippen molar-refractivity contribution >= 4 is 5.84 Å². The first-order valence-electron chi connectivity index (χ1n) is 7.69. The van der Waals surface area contributed by atoms with E-state index in [2.05, 4.69) is 30.2 Å². The van der Waals surface area contributed by atoms with Crippen molar-refractivity contribution < 1.29 is 4.58 Å². The van der Waals surface area contributed by atoms with Crippen LogP contribution >= 0.6 is 0 Å². The van der Waals surface area contributed by atoms with Crippen LogP contribution in [0.15, 0.2) is 0 Å². The van der Waals surface area contributed by atoms with E-state index in [1.54, 1.807) is 5.84 Å². The Kier molecular flexibility index (Phi) is 7.30. The van der Waals surface area contributed by atoms with Crippen LogP contribution in [0, 0.1) is 0 Å². The molecule has 0 atom stereocenters. The molecule has 0 amide bonds. The predicted octanol–water partition coefficient (Wildman–Crippen LogP) is 3.50. The average molecular weight is 239 g/mol. The zero-order valence-electron chi connectivity index (χ0n) is 12.2. The second-order valence-electron chi connectivity index (χ2n) is 5.20. The van der Waals surface area contributed by atoms with Crippen LogP contribution in [-0.2, 0) is 0 Å². The van der Waals surface area contributed by atoms with Gasteiger partial charge in [0.15, 0.2) is 0 Å². The highest BCUT2D eigenvalue weighted by atomic mass is 15.3. The van der Waals surface area contributed by atoms with Crippen LogP contribution < -0.4 is 0 Å². The smallest absolute Gasteiger partial charge is 0.247 e. The molecule has 2 heteroatoms. The first-order valence-corrected chi connectivity index (χ1v) is 7.69. The zero-order valence-corrected chi connectivity index (χ0v) is 12.2. The molecular weight excluding hydrogens is 208 g/mol. The van der Waals surface area contributed by atoms with Gasteiger partial charge in [0, 0.05) is 6.42 Å². The lowest BCUT2D eigenvalue weighted by Gasteiger charge is -2.13. The normalized spacial score (nSPS) is 16.1. The number of amidine groups is 1. The number of hydrogen-bond donors (Lipinski definition) is 0. The molecule has 0 aromatic heterocycles. The van der Waals surface area contributed by atoms with Crippen LogP contribution in [0.4, 0.5) is 0 Å². The molecule has 0 unspecified atom stereocenters. The molecule has 0 saturated carbocycles. The van der Waals surface area contributed by atoms with Gasteiger partial charge >= 0.3 is 0 Å². The molecule has 0 bridgehead atoms. The molecule has 0 aromatic rings. The molecular formula is C15H31N2+. The van der Waals surface area contributed by atoms with Gasteiger partial charge in [-0.2, -0.15) is 0 Å². The van der Waals surface area contributed by atoms with Gasteiger partial charge in [-0.15, -0.1) is 0 Å². The minimum Gasteiger partial charge on any atom is -0.262 e. The summed E-state index contributed by atoms with van der Waals surface area (Å²) in [5, 5.41) is 0. The van der Waals surface area contributed by atoms with E-state index in [0.717, 1.165) is 0 Å². The lowest BCUT2D eigenvalue weighted by molar-refractivity contribution is -0.519. The Balaban J connectivity index is 2.56. The van der Waals surface area contributed by atoms with E-state index < -0.39 is 0 Å². The Bertz CT molecular complexity index is 233. The molecule has 1 aliphatic heterocycles. The second kappa shape index (κ2) is 8.54. The largest absolute Gasteiger partial charge is 0.262 e. The highest BCUT2D eigenvalue weighted by Crippen LogP contribution is 2.11. The molecule has 0 fully saturated rings. The van der Waals surface area contributed by atoms with Crippen LogP contribution in [0.3, 0.4) is 0 Å². The van der Waals surface area contributed by atoms with E-state index in [0.29, 0.717) is 0 Å². The summed E-state index contributed by atoms with van der Waals surface area (Å²) in [7, 11) is 0. The Labute approximate surface area is 108 Å². The maximum Gasteiger partial charge on any atom is 0.247 e. The van der Waals surface area contributed by atoms with E-state index in [4.69, 9.17) is 0 Å². The lowest BCUT2D eigenvalue weighted by Crippen LogP contribution is -2.30. The molecule has 1 rings (SSSR count). The summed E-state index contributed by atoms with van der Waals surface area (Å²) in [4.78, 5) is 2.65. The molecule has 0 aromatic carbocycles. The number of rotatable bonds is 9. The number of hydrogen-bond acceptors (Lipinski definition) is 1. The quantitative estimate of drug-likeness (QED) is 0.558. The molecule has 0 N–H and O–H groups in total. The molecule has 17 heavy (non-hydrogen) atoms. The summed E-state index contributed by atoms with van der Waals surface area (Å²) in [6.07, 6.45) is 9.27. The fourth-order valence-electron chi connectivity index (χ4n) is 2.53. The van der Waals surface area contributed by atoms with Crippen molar-refractivity contribution in [2.24, 2.45) is 0 Å². The summed E-state index contributed by atoms with van der Waals surface area (Å²) < 4.78 is 2.65. The third kappa shape index (κ3) is 4.69. The Morgan fingerprint density at radius 1 is 1.00 bits per heavy atom. The van der Waals surface area contributed by atoms with Crippen molar-refractivity contribution in [2.45, 2.75) is 65.7 Å². The minimum absolute atomic E-state index is 1.27. The minimum atomic E-state index is 1.27. The van der Waals surface area contributed by atoms with E-state index in [1.165, 1.54) is 71.1 Å². The van der Waals surface area contributed by atoms with Crippen LogP contribution in [-0.4, -0.2) is 41.5 Å². The Hall–Kier alpha value is -0.530. The monoisotopic (exact) mass is 239 g/mol. The van der Waals surface area contributed by atoms with E-state index >= 15 is 0 Å². The zero-order chi connectivity index (χ0) is 12.5. The van der Waals surface area contributed by atoms with Crippen molar-refractivity contribution in [2.75, 3.05) is 26.2 Å². The van der Waals surface area contributed by atoms with E-state index in [9.17, 15) is 0 Å². The van der Waals surface area contributed by atoms with Crippen molar-refractivity contribution in [1.29, 1.82) is 0 Å². The Morgan fingerprint density at radius 2 is 1.71 bits per heavy atom. The van der Waals surface area contributed by atoms with Gasteiger partial charge < -0.3 is 0 Å². The van der Waals surface area contributed by atoms with Gasteiger partial charge in [0.05, 0.1) is 13.1 Å². The second-order valence-corrected chi connectivity index (χ2v) is 5.20. The van der Waals surface area contributed by atoms with Gasteiger partial charge in [-0.3, -0.25) is 9.48 Å². The molecule has 0 radical (unpaired) electrons. The highest BCUT2D eigenvalue weighted by molar-refractivity contribution is 5.78. The summed E-state index contributed by atoms with van der Waals surface area (Å²) in [5.74, 6) is 1.65. The predicted molar refractivity (Wildman–Crippen MR) is 75.9 cm³/mol. The maximum atomic E-state index is 2.65. The van der Waals surface area contributed by atoms with Crippen LogP contribution in [0.25, 0.3) is 0 Å². The molecule has 1 heterocycles. The molecule has 100 valence electrons. The van der Waals surface area contributed by atoms with Gasteiger partial charge in [0.1, 0.15) is 13.1 Å². The number of unbranched alkanes of at least 4 members (excludes halogenated alkanes) is 3. The van der Waals surface area contributed by atoms with Crippen molar-refractivity contribution in [3.63, 3.8) is 0 Å². The molecule has 0 saturated heterocycles. The maximum absolute atomic E-state index is 2.65. The van der Waals surface area contributed by atoms with Crippen molar-refractivity contribution in [1.82, 2.24) is 4.90 Å². The van der Waals surface area contributed by atoms with Crippen molar-refractivity contribution in [3.05, 3.63) is 0 Å². The summed E-state index contributed by atoms with van der Waals surface area (Å²) >= 11 is 0. The third-order valence-corrected chi connectivity index (χ3v) is 3.69.